The van der Waals surface area contributed by atoms with E-state index in [9.17, 15) is 9.59 Å². The Kier molecular flexibility index (Phi) is 4.44. The second kappa shape index (κ2) is 6.78. The molecule has 1 atom stereocenters. The Balaban J connectivity index is 1.55. The summed E-state index contributed by atoms with van der Waals surface area (Å²) in [5.74, 6) is 0.129. The van der Waals surface area contributed by atoms with Gasteiger partial charge in [-0.15, -0.1) is 0 Å². The number of pyridine rings is 1. The highest BCUT2D eigenvalue weighted by Gasteiger charge is 2.48. The quantitative estimate of drug-likeness (QED) is 0.817. The van der Waals surface area contributed by atoms with Crippen molar-refractivity contribution in [3.63, 3.8) is 0 Å². The van der Waals surface area contributed by atoms with E-state index in [1.807, 2.05) is 60.2 Å². The molecule has 2 saturated heterocycles. The lowest BCUT2D eigenvalue weighted by Crippen LogP contribution is -2.64. The van der Waals surface area contributed by atoms with Crippen molar-refractivity contribution in [1.82, 2.24) is 14.8 Å². The standard InChI is InChI=1S/C21H24N4O2/c1-16-5-7-17(8-6-16)20(27)24-11-9-21(14-24)15-25(19(26)13-23(21)2)18-4-3-10-22-12-18/h3-8,10,12H,9,11,13-15H2,1-2H3/t21-/m1/s1. The number of carbonyl (C=O) groups excluding carboxylic acids is 2. The number of carbonyl (C=O) groups is 2. The van der Waals surface area contributed by atoms with Crippen molar-refractivity contribution in [3.8, 4) is 0 Å². The number of likely N-dealkylation sites (tertiary alicyclic amines) is 1. The Morgan fingerprint density at radius 3 is 2.63 bits per heavy atom. The van der Waals surface area contributed by atoms with E-state index < -0.39 is 0 Å². The van der Waals surface area contributed by atoms with Crippen LogP contribution in [0.3, 0.4) is 0 Å². The second-order valence-corrected chi connectivity index (χ2v) is 7.61. The summed E-state index contributed by atoms with van der Waals surface area (Å²) in [6, 6.07) is 11.5. The number of rotatable bonds is 2. The Labute approximate surface area is 159 Å². The summed E-state index contributed by atoms with van der Waals surface area (Å²) in [5, 5.41) is 0. The zero-order valence-electron chi connectivity index (χ0n) is 15.8. The van der Waals surface area contributed by atoms with E-state index in [1.165, 1.54) is 0 Å². The van der Waals surface area contributed by atoms with E-state index in [0.717, 1.165) is 23.2 Å². The van der Waals surface area contributed by atoms with Crippen molar-refractivity contribution in [2.75, 3.05) is 38.1 Å². The summed E-state index contributed by atoms with van der Waals surface area (Å²) in [6.45, 7) is 4.26. The lowest BCUT2D eigenvalue weighted by molar-refractivity contribution is -0.123. The molecule has 0 saturated carbocycles. The first-order valence-corrected chi connectivity index (χ1v) is 9.26. The average molecular weight is 364 g/mol. The smallest absolute Gasteiger partial charge is 0.253 e. The molecule has 2 amide bonds. The number of benzene rings is 1. The fraction of sp³-hybridized carbons (Fsp3) is 0.381. The van der Waals surface area contributed by atoms with Crippen molar-refractivity contribution >= 4 is 17.5 Å². The van der Waals surface area contributed by atoms with Crippen LogP contribution in [0.1, 0.15) is 22.3 Å². The highest BCUT2D eigenvalue weighted by molar-refractivity contribution is 5.96. The number of likely N-dealkylation sites (N-methyl/N-ethyl adjacent to an activating group) is 1. The molecule has 140 valence electrons. The molecule has 2 fully saturated rings. The highest BCUT2D eigenvalue weighted by atomic mass is 16.2. The van der Waals surface area contributed by atoms with E-state index in [1.54, 1.807) is 12.4 Å². The second-order valence-electron chi connectivity index (χ2n) is 7.61. The monoisotopic (exact) mass is 364 g/mol. The molecule has 6 nitrogen and oxygen atoms in total. The number of piperazine rings is 1. The number of aryl methyl sites for hydroxylation is 1. The van der Waals surface area contributed by atoms with Gasteiger partial charge in [-0.05, 0) is 44.7 Å². The third-order valence-electron chi connectivity index (χ3n) is 5.81. The first kappa shape index (κ1) is 17.7. The van der Waals surface area contributed by atoms with Gasteiger partial charge in [0.2, 0.25) is 5.91 Å². The van der Waals surface area contributed by atoms with Gasteiger partial charge in [0.25, 0.3) is 5.91 Å². The Morgan fingerprint density at radius 2 is 1.93 bits per heavy atom. The third kappa shape index (κ3) is 3.21. The summed E-state index contributed by atoms with van der Waals surface area (Å²) in [4.78, 5) is 35.5. The number of amides is 2. The van der Waals surface area contributed by atoms with Crippen LogP contribution in [0.4, 0.5) is 5.69 Å². The van der Waals surface area contributed by atoms with Crippen LogP contribution in [0.2, 0.25) is 0 Å². The van der Waals surface area contributed by atoms with E-state index in [0.29, 0.717) is 26.2 Å². The maximum Gasteiger partial charge on any atom is 0.253 e. The van der Waals surface area contributed by atoms with Crippen molar-refractivity contribution in [3.05, 3.63) is 59.9 Å². The SMILES string of the molecule is Cc1ccc(C(=O)N2CC[C@@]3(C2)CN(c2cccnc2)C(=O)CN3C)cc1. The molecule has 0 unspecified atom stereocenters. The number of hydrogen-bond donors (Lipinski definition) is 0. The molecule has 4 rings (SSSR count). The number of nitrogens with zero attached hydrogens (tertiary/aromatic N) is 4. The van der Waals surface area contributed by atoms with E-state index in [-0.39, 0.29) is 17.4 Å². The van der Waals surface area contributed by atoms with Gasteiger partial charge < -0.3 is 9.80 Å². The number of anilines is 1. The zero-order chi connectivity index (χ0) is 19.0. The van der Waals surface area contributed by atoms with Gasteiger partial charge in [0.1, 0.15) is 0 Å². The molecule has 1 aromatic carbocycles. The van der Waals surface area contributed by atoms with Gasteiger partial charge in [0, 0.05) is 31.4 Å². The van der Waals surface area contributed by atoms with E-state index in [2.05, 4.69) is 9.88 Å². The fourth-order valence-corrected chi connectivity index (χ4v) is 4.06. The average Bonchev–Trinajstić information content (AvgIpc) is 3.11. The largest absolute Gasteiger partial charge is 0.337 e. The third-order valence-corrected chi connectivity index (χ3v) is 5.81. The minimum atomic E-state index is -0.218. The Morgan fingerprint density at radius 1 is 1.15 bits per heavy atom. The summed E-state index contributed by atoms with van der Waals surface area (Å²) in [7, 11) is 1.98. The lowest BCUT2D eigenvalue weighted by Gasteiger charge is -2.46. The van der Waals surface area contributed by atoms with Crippen LogP contribution in [0.15, 0.2) is 48.8 Å². The van der Waals surface area contributed by atoms with Crippen LogP contribution in [-0.4, -0.2) is 65.4 Å². The summed E-state index contributed by atoms with van der Waals surface area (Å²) >= 11 is 0. The first-order chi connectivity index (χ1) is 13.0. The fourth-order valence-electron chi connectivity index (χ4n) is 4.06. The van der Waals surface area contributed by atoms with Crippen LogP contribution < -0.4 is 4.90 Å². The van der Waals surface area contributed by atoms with Gasteiger partial charge in [-0.2, -0.15) is 0 Å². The van der Waals surface area contributed by atoms with Gasteiger partial charge in [-0.25, -0.2) is 0 Å². The molecule has 1 spiro atoms. The molecule has 3 heterocycles. The maximum atomic E-state index is 12.9. The molecule has 2 aromatic rings. The van der Waals surface area contributed by atoms with Gasteiger partial charge in [0.05, 0.1) is 24.0 Å². The lowest BCUT2D eigenvalue weighted by atomic mass is 9.92. The van der Waals surface area contributed by atoms with Crippen LogP contribution in [0.5, 0.6) is 0 Å². The van der Waals surface area contributed by atoms with Gasteiger partial charge in [0.15, 0.2) is 0 Å². The molecule has 0 N–H and O–H groups in total. The summed E-state index contributed by atoms with van der Waals surface area (Å²) < 4.78 is 0. The summed E-state index contributed by atoms with van der Waals surface area (Å²) in [5.41, 5.74) is 2.46. The van der Waals surface area contributed by atoms with Crippen LogP contribution >= 0.6 is 0 Å². The van der Waals surface area contributed by atoms with Crippen molar-refractivity contribution in [2.45, 2.75) is 18.9 Å². The zero-order valence-corrected chi connectivity index (χ0v) is 15.8. The Bertz CT molecular complexity index is 852. The Hall–Kier alpha value is -2.73. The van der Waals surface area contributed by atoms with Gasteiger partial charge in [-0.1, -0.05) is 17.7 Å². The normalized spacial score (nSPS) is 23.3. The van der Waals surface area contributed by atoms with Gasteiger partial charge in [-0.3, -0.25) is 19.5 Å². The molecule has 2 aliphatic rings. The molecule has 2 aliphatic heterocycles. The van der Waals surface area contributed by atoms with Crippen molar-refractivity contribution < 1.29 is 9.59 Å². The molecule has 6 heteroatoms. The van der Waals surface area contributed by atoms with Crippen LogP contribution in [0, 0.1) is 6.92 Å². The predicted octanol–water partition coefficient (Wildman–Crippen LogP) is 1.95. The highest BCUT2D eigenvalue weighted by Crippen LogP contribution is 2.33. The van der Waals surface area contributed by atoms with Crippen molar-refractivity contribution in [1.29, 1.82) is 0 Å². The minimum absolute atomic E-state index is 0.0603. The molecular weight excluding hydrogens is 340 g/mol. The first-order valence-electron chi connectivity index (χ1n) is 9.26. The van der Waals surface area contributed by atoms with Crippen molar-refractivity contribution in [2.24, 2.45) is 0 Å². The number of aromatic nitrogens is 1. The number of hydrogen-bond acceptors (Lipinski definition) is 4. The molecule has 1 aromatic heterocycles. The molecule has 0 aliphatic carbocycles. The molecule has 0 bridgehead atoms. The molecular formula is C21H24N4O2. The molecule has 27 heavy (non-hydrogen) atoms. The minimum Gasteiger partial charge on any atom is -0.337 e. The summed E-state index contributed by atoms with van der Waals surface area (Å²) in [6.07, 6.45) is 4.28. The predicted molar refractivity (Wildman–Crippen MR) is 104 cm³/mol. The van der Waals surface area contributed by atoms with Gasteiger partial charge >= 0.3 is 0 Å². The van der Waals surface area contributed by atoms with E-state index in [4.69, 9.17) is 0 Å². The van der Waals surface area contributed by atoms with E-state index >= 15 is 0 Å². The van der Waals surface area contributed by atoms with Crippen LogP contribution in [-0.2, 0) is 4.79 Å². The molecule has 0 radical (unpaired) electrons. The topological polar surface area (TPSA) is 56.8 Å². The van der Waals surface area contributed by atoms with Crippen LogP contribution in [0.25, 0.3) is 0 Å². The maximum absolute atomic E-state index is 12.9.